The standard InChI is InChI=1S/2C28H37F3N4S.C27H35F3N4S/c2*29-28(30,31)23-10-11-27-25(22-23)35(24-8-2-3-9-26(24)36-27)17-7-16-34-20-18-33(19-21-34)15-6-14-32-12-4-1-5-13-32;28-27(29,30)22-9-10-26-24(21-22)34(23-7-1-2-8-25(23)35-26)16-6-15-33-19-17-32(18-20-33)14-5-13-31-11-3-4-12-31/h2*2-3,8-11,22H,1,4-7,12-21H2;1-2,7-10,21H,3-6,11-20H2. The number of hydrogen-bond donors (Lipinski definition) is 0. The molecule has 9 aliphatic rings. The molecular weight excluding hydrogens is 1430 g/mol. The molecule has 6 aromatic carbocycles. The Bertz CT molecular complexity index is 3590. The largest absolute Gasteiger partial charge is 0.416 e. The van der Waals surface area contributed by atoms with Gasteiger partial charge < -0.3 is 58.8 Å². The van der Waals surface area contributed by atoms with Crippen LogP contribution in [0.4, 0.5) is 73.6 Å². The molecule has 0 spiro atoms. The van der Waals surface area contributed by atoms with Crippen LogP contribution in [0.5, 0.6) is 0 Å². The van der Waals surface area contributed by atoms with Crippen LogP contribution in [0, 0.1) is 0 Å². The van der Waals surface area contributed by atoms with Crippen LogP contribution in [0.15, 0.2) is 157 Å². The monoisotopic (exact) mass is 1540 g/mol. The summed E-state index contributed by atoms with van der Waals surface area (Å²) in [5, 5.41) is 0. The van der Waals surface area contributed by atoms with E-state index in [9.17, 15) is 39.5 Å². The van der Waals surface area contributed by atoms with Gasteiger partial charge in [-0.25, -0.2) is 0 Å². The number of rotatable bonds is 24. The zero-order chi connectivity index (χ0) is 74.2. The summed E-state index contributed by atoms with van der Waals surface area (Å²) < 4.78 is 121. The highest BCUT2D eigenvalue weighted by Crippen LogP contribution is 2.53. The molecule has 0 saturated carbocycles. The molecule has 6 aromatic rings. The Morgan fingerprint density at radius 2 is 0.411 bits per heavy atom. The summed E-state index contributed by atoms with van der Waals surface area (Å²) in [6.07, 6.45) is 4.44. The van der Waals surface area contributed by atoms with Crippen molar-refractivity contribution in [3.63, 3.8) is 0 Å². The van der Waals surface area contributed by atoms with Crippen molar-refractivity contribution in [1.29, 1.82) is 0 Å². The van der Waals surface area contributed by atoms with Crippen molar-refractivity contribution < 1.29 is 39.5 Å². The van der Waals surface area contributed by atoms with Gasteiger partial charge in [-0.15, -0.1) is 0 Å². The number of halogens is 9. The lowest BCUT2D eigenvalue weighted by Gasteiger charge is -2.37. The van der Waals surface area contributed by atoms with E-state index in [0.717, 1.165) is 164 Å². The predicted octanol–water partition coefficient (Wildman–Crippen LogP) is 18.2. The smallest absolute Gasteiger partial charge is 0.340 e. The van der Waals surface area contributed by atoms with Gasteiger partial charge in [0.25, 0.3) is 0 Å². The number of piperazine rings is 3. The number of nitrogens with zero attached hydrogens (tertiary/aromatic N) is 12. The first kappa shape index (κ1) is 79.9. The molecule has 24 heteroatoms. The van der Waals surface area contributed by atoms with E-state index in [0.29, 0.717) is 36.7 Å². The molecule has 9 aliphatic heterocycles. The van der Waals surface area contributed by atoms with Gasteiger partial charge in [-0.05, 0) is 266 Å². The molecule has 6 fully saturated rings. The topological polar surface area (TPSA) is 38.9 Å². The minimum atomic E-state index is -4.34. The maximum atomic E-state index is 13.4. The second kappa shape index (κ2) is 38.3. The molecule has 0 bridgehead atoms. The normalized spacial score (nSPS) is 19.8. The highest BCUT2D eigenvalue weighted by Gasteiger charge is 2.37. The number of para-hydroxylation sites is 3. The van der Waals surface area contributed by atoms with Gasteiger partial charge in [-0.1, -0.05) is 84.5 Å². The number of fused-ring (bicyclic) bond motifs is 6. The van der Waals surface area contributed by atoms with Crippen LogP contribution >= 0.6 is 35.3 Å². The van der Waals surface area contributed by atoms with E-state index in [4.69, 9.17) is 0 Å². The molecule has 9 heterocycles. The molecule has 6 saturated heterocycles. The highest BCUT2D eigenvalue weighted by atomic mass is 32.2. The first-order valence-electron chi connectivity index (χ1n) is 39.7. The van der Waals surface area contributed by atoms with Crippen molar-refractivity contribution in [3.8, 4) is 0 Å². The SMILES string of the molecule is FC(F)(F)c1ccc2c(c1)N(CCCN1CCN(CCCN3CCCC3)CC1)c1ccccc1S2.FC(F)(F)c1ccc2c(c1)N(CCCN1CCN(CCCN3CCCCC3)CC1)c1ccccc1S2.FC(F)(F)c1ccc2c(c1)N(CCCN1CCN(CCCN3CCCCC3)CC1)c1ccccc1S2. The van der Waals surface area contributed by atoms with Crippen molar-refractivity contribution in [3.05, 3.63) is 144 Å². The average Bonchev–Trinajstić information content (AvgIpc) is 0.785. The fraction of sp³-hybridized carbons (Fsp3) is 0.566. The summed E-state index contributed by atoms with van der Waals surface area (Å²) >= 11 is 4.66. The fourth-order valence-electron chi connectivity index (χ4n) is 16.7. The third-order valence-electron chi connectivity index (χ3n) is 22.8. The predicted molar refractivity (Wildman–Crippen MR) is 420 cm³/mol. The maximum absolute atomic E-state index is 13.4. The Labute approximate surface area is 642 Å². The van der Waals surface area contributed by atoms with Crippen LogP contribution in [0.2, 0.25) is 0 Å². The van der Waals surface area contributed by atoms with Gasteiger partial charge in [0, 0.05) is 128 Å². The number of anilines is 6. The minimum absolute atomic E-state index is 0.581. The van der Waals surface area contributed by atoms with Crippen molar-refractivity contribution in [2.45, 2.75) is 138 Å². The van der Waals surface area contributed by atoms with E-state index in [1.165, 1.54) is 186 Å². The first-order chi connectivity index (χ1) is 51.9. The van der Waals surface area contributed by atoms with Gasteiger partial charge in [-0.3, -0.25) is 0 Å². The zero-order valence-corrected chi connectivity index (χ0v) is 64.7. The number of alkyl halides is 9. The van der Waals surface area contributed by atoms with Gasteiger partial charge >= 0.3 is 18.5 Å². The summed E-state index contributed by atoms with van der Waals surface area (Å²) in [5.41, 5.74) is 3.30. The Hall–Kier alpha value is -5.22. The number of likely N-dealkylation sites (tertiary alicyclic amines) is 3. The molecule has 0 N–H and O–H groups in total. The van der Waals surface area contributed by atoms with Gasteiger partial charge in [0.15, 0.2) is 0 Å². The number of piperidine rings is 2. The van der Waals surface area contributed by atoms with Crippen LogP contribution in [0.1, 0.15) is 107 Å². The molecule has 0 aromatic heterocycles. The molecule has 107 heavy (non-hydrogen) atoms. The Morgan fingerprint density at radius 1 is 0.215 bits per heavy atom. The molecule has 0 unspecified atom stereocenters. The molecule has 12 nitrogen and oxygen atoms in total. The van der Waals surface area contributed by atoms with E-state index >= 15 is 0 Å². The zero-order valence-electron chi connectivity index (χ0n) is 62.2. The summed E-state index contributed by atoms with van der Waals surface area (Å²) in [4.78, 5) is 35.4. The summed E-state index contributed by atoms with van der Waals surface area (Å²) in [7, 11) is 0. The molecule has 582 valence electrons. The molecular formula is C83H109F9N12S3. The Kier molecular flexibility index (Phi) is 28.6. The lowest BCUT2D eigenvalue weighted by Crippen LogP contribution is -2.47. The van der Waals surface area contributed by atoms with E-state index in [-0.39, 0.29) is 0 Å². The molecule has 15 rings (SSSR count). The van der Waals surface area contributed by atoms with Crippen LogP contribution in [-0.4, -0.2) is 240 Å². The van der Waals surface area contributed by atoms with Crippen LogP contribution < -0.4 is 14.7 Å². The van der Waals surface area contributed by atoms with Crippen molar-refractivity contribution >= 4 is 69.4 Å². The third-order valence-corrected chi connectivity index (χ3v) is 26.2. The Balaban J connectivity index is 0.000000142. The quantitative estimate of drug-likeness (QED) is 0.0540. The lowest BCUT2D eigenvalue weighted by atomic mass is 10.1. The number of benzene rings is 6. The second-order valence-corrected chi connectivity index (χ2v) is 33.5. The van der Waals surface area contributed by atoms with Crippen LogP contribution in [0.25, 0.3) is 0 Å². The van der Waals surface area contributed by atoms with Crippen LogP contribution in [0.3, 0.4) is 0 Å². The average molecular weight is 1540 g/mol. The summed E-state index contributed by atoms with van der Waals surface area (Å²) in [6.45, 7) is 33.1. The van der Waals surface area contributed by atoms with E-state index in [1.54, 1.807) is 53.5 Å². The molecule has 0 aliphatic carbocycles. The Morgan fingerprint density at radius 3 is 0.645 bits per heavy atom. The molecule has 0 radical (unpaired) electrons. The van der Waals surface area contributed by atoms with Crippen molar-refractivity contribution in [2.24, 2.45) is 0 Å². The summed E-state index contributed by atoms with van der Waals surface area (Å²) in [6, 6.07) is 36.5. The van der Waals surface area contributed by atoms with Gasteiger partial charge in [0.1, 0.15) is 0 Å². The fourth-order valence-corrected chi connectivity index (χ4v) is 20.0. The summed E-state index contributed by atoms with van der Waals surface area (Å²) in [5.74, 6) is 0. The van der Waals surface area contributed by atoms with Crippen molar-refractivity contribution in [1.82, 2.24) is 44.1 Å². The maximum Gasteiger partial charge on any atom is 0.416 e. The minimum Gasteiger partial charge on any atom is -0.340 e. The third kappa shape index (κ3) is 22.3. The lowest BCUT2D eigenvalue weighted by molar-refractivity contribution is -0.138. The molecule has 0 amide bonds. The van der Waals surface area contributed by atoms with Crippen molar-refractivity contribution in [2.75, 3.05) is 211 Å². The van der Waals surface area contributed by atoms with E-state index < -0.39 is 35.2 Å². The highest BCUT2D eigenvalue weighted by molar-refractivity contribution is 8.00. The number of hydrogen-bond acceptors (Lipinski definition) is 15. The van der Waals surface area contributed by atoms with Gasteiger partial charge in [-0.2, -0.15) is 39.5 Å². The first-order valence-corrected chi connectivity index (χ1v) is 42.1. The second-order valence-electron chi connectivity index (χ2n) is 30.2. The molecule has 0 atom stereocenters. The van der Waals surface area contributed by atoms with E-state index in [2.05, 4.69) is 77.0 Å². The van der Waals surface area contributed by atoms with E-state index in [1.807, 2.05) is 54.6 Å². The van der Waals surface area contributed by atoms with Crippen LogP contribution in [-0.2, 0) is 18.5 Å². The van der Waals surface area contributed by atoms with Gasteiger partial charge in [0.2, 0.25) is 0 Å². The van der Waals surface area contributed by atoms with Gasteiger partial charge in [0.05, 0.1) is 50.8 Å².